The molecule has 1 saturated heterocycles. The van der Waals surface area contributed by atoms with Crippen LogP contribution >= 0.6 is 11.7 Å². The van der Waals surface area contributed by atoms with Gasteiger partial charge in [0.05, 0.1) is 24.5 Å². The minimum atomic E-state index is -1.77. The molecule has 1 aliphatic heterocycles. The van der Waals surface area contributed by atoms with E-state index in [0.29, 0.717) is 18.2 Å². The maximum Gasteiger partial charge on any atom is 0.335 e. The summed E-state index contributed by atoms with van der Waals surface area (Å²) in [5.74, 6) is -1.16. The predicted octanol–water partition coefficient (Wildman–Crippen LogP) is 6.89. The summed E-state index contributed by atoms with van der Waals surface area (Å²) in [6.07, 6.45) is -1.58. The Labute approximate surface area is 325 Å². The lowest BCUT2D eigenvalue weighted by molar-refractivity contribution is -0.249. The zero-order chi connectivity index (χ0) is 39.2. The molecule has 1 fully saturated rings. The molecule has 7 rings (SSSR count). The SMILES string of the molecule is CC(C)(C)c1ccc2c(c1)C(CCCCCCOCc1cn(C3OC(C(=O)O)C(O)C(O)C3O)nn1)c1cc(-c3ccc(C(C)(C)C)c4nsnc34)ccc1-2. The highest BCUT2D eigenvalue weighted by molar-refractivity contribution is 7.00. The molecule has 12 nitrogen and oxygen atoms in total. The zero-order valence-corrected chi connectivity index (χ0v) is 33.1. The Balaban J connectivity index is 0.980. The topological polar surface area (TPSA) is 173 Å². The van der Waals surface area contributed by atoms with Crippen LogP contribution < -0.4 is 0 Å². The van der Waals surface area contributed by atoms with Gasteiger partial charge in [0.2, 0.25) is 0 Å². The smallest absolute Gasteiger partial charge is 0.335 e. The first-order valence-electron chi connectivity index (χ1n) is 19.1. The average molecular weight is 770 g/mol. The quantitative estimate of drug-likeness (QED) is 0.0974. The molecule has 6 unspecified atom stereocenters. The predicted molar refractivity (Wildman–Crippen MR) is 210 cm³/mol. The number of ether oxygens (including phenoxy) is 2. The number of hydrogen-bond acceptors (Lipinski definition) is 11. The number of aliphatic carboxylic acids is 1. The van der Waals surface area contributed by atoms with Crippen LogP contribution in [0.15, 0.2) is 54.7 Å². The number of rotatable bonds is 12. The fraction of sp³-hybridized carbons (Fsp3) is 0.500. The van der Waals surface area contributed by atoms with Crippen molar-refractivity contribution in [2.45, 2.75) is 128 Å². The molecule has 0 radical (unpaired) electrons. The van der Waals surface area contributed by atoms with Gasteiger partial charge in [-0.05, 0) is 68.7 Å². The van der Waals surface area contributed by atoms with Crippen molar-refractivity contribution in [1.82, 2.24) is 23.7 Å². The number of carboxylic acid groups (broad SMARTS) is 1. The number of fused-ring (bicyclic) bond motifs is 4. The molecule has 55 heavy (non-hydrogen) atoms. The Kier molecular flexibility index (Phi) is 11.0. The van der Waals surface area contributed by atoms with Crippen LogP contribution in [0.2, 0.25) is 0 Å². The fourth-order valence-electron chi connectivity index (χ4n) is 7.88. The van der Waals surface area contributed by atoms with E-state index in [9.17, 15) is 25.2 Å². The van der Waals surface area contributed by atoms with Crippen molar-refractivity contribution < 1.29 is 34.7 Å². The van der Waals surface area contributed by atoms with Gasteiger partial charge in [0.25, 0.3) is 0 Å². The van der Waals surface area contributed by atoms with E-state index in [1.807, 2.05) is 0 Å². The lowest BCUT2D eigenvalue weighted by atomic mass is 9.83. The fourth-order valence-corrected chi connectivity index (χ4v) is 8.45. The molecule has 2 aromatic heterocycles. The molecule has 2 aliphatic rings. The van der Waals surface area contributed by atoms with Gasteiger partial charge in [-0.2, -0.15) is 8.75 Å². The van der Waals surface area contributed by atoms with Gasteiger partial charge in [-0.1, -0.05) is 108 Å². The van der Waals surface area contributed by atoms with Crippen molar-refractivity contribution in [2.24, 2.45) is 0 Å². The average Bonchev–Trinajstić information content (AvgIpc) is 3.88. The van der Waals surface area contributed by atoms with Gasteiger partial charge in [0.1, 0.15) is 35.0 Å². The Morgan fingerprint density at radius 2 is 1.51 bits per heavy atom. The minimum absolute atomic E-state index is 0.0276. The number of aromatic nitrogens is 5. The number of carboxylic acids is 1. The summed E-state index contributed by atoms with van der Waals surface area (Å²) >= 11 is 1.28. The van der Waals surface area contributed by atoms with Gasteiger partial charge >= 0.3 is 5.97 Å². The summed E-state index contributed by atoms with van der Waals surface area (Å²) in [5.41, 5.74) is 12.7. The molecular weight excluding hydrogens is 719 g/mol. The summed E-state index contributed by atoms with van der Waals surface area (Å²) in [4.78, 5) is 11.5. The molecule has 4 N–H and O–H groups in total. The Morgan fingerprint density at radius 3 is 2.24 bits per heavy atom. The molecule has 0 bridgehead atoms. The third-order valence-corrected chi connectivity index (χ3v) is 11.5. The number of nitrogens with zero attached hydrogens (tertiary/aromatic N) is 5. The summed E-state index contributed by atoms with van der Waals surface area (Å²) in [6, 6.07) is 18.4. The highest BCUT2D eigenvalue weighted by atomic mass is 32.1. The standard InChI is InChI=1S/C42H51N5O7S/c1-41(2,3)24-13-15-29-28-14-12-23(26-16-17-32(42(4,5)6)34-33(26)44-55-45-34)19-30(28)27(31(29)20-24)11-9-7-8-10-18-53-22-25-21-47(46-43-25)39-37(50)35(48)36(49)38(54-39)40(51)52/h12-17,19-21,27,35-39,48-50H,7-11,18,22H2,1-6H3,(H,51,52). The lowest BCUT2D eigenvalue weighted by Crippen LogP contribution is -2.57. The van der Waals surface area contributed by atoms with E-state index in [0.717, 1.165) is 53.4 Å². The molecule has 0 spiro atoms. The first kappa shape index (κ1) is 39.1. The first-order valence-corrected chi connectivity index (χ1v) is 19.8. The van der Waals surface area contributed by atoms with Crippen molar-refractivity contribution in [3.63, 3.8) is 0 Å². The molecule has 292 valence electrons. The largest absolute Gasteiger partial charge is 0.479 e. The number of aliphatic hydroxyl groups excluding tert-OH is 3. The highest BCUT2D eigenvalue weighted by Crippen LogP contribution is 2.50. The normalized spacial score (nSPS) is 22.6. The molecule has 0 amide bonds. The Bertz CT molecular complexity index is 2170. The van der Waals surface area contributed by atoms with E-state index < -0.39 is 36.6 Å². The van der Waals surface area contributed by atoms with E-state index in [1.54, 1.807) is 0 Å². The van der Waals surface area contributed by atoms with Gasteiger partial charge < -0.3 is 29.9 Å². The van der Waals surface area contributed by atoms with Gasteiger partial charge in [-0.15, -0.1) is 5.10 Å². The third-order valence-electron chi connectivity index (χ3n) is 11.0. The molecule has 3 heterocycles. The molecule has 1 aliphatic carbocycles. The van der Waals surface area contributed by atoms with Gasteiger partial charge in [0.15, 0.2) is 12.3 Å². The van der Waals surface area contributed by atoms with Crippen molar-refractivity contribution in [2.75, 3.05) is 6.61 Å². The Morgan fingerprint density at radius 1 is 0.818 bits per heavy atom. The summed E-state index contributed by atoms with van der Waals surface area (Å²) < 4.78 is 21.8. The maximum atomic E-state index is 11.5. The number of carbonyl (C=O) groups is 1. The molecular formula is C42H51N5O7S. The van der Waals surface area contributed by atoms with Crippen molar-refractivity contribution >= 4 is 28.7 Å². The van der Waals surface area contributed by atoms with Crippen molar-refractivity contribution in [1.29, 1.82) is 0 Å². The second kappa shape index (κ2) is 15.4. The van der Waals surface area contributed by atoms with Crippen molar-refractivity contribution in [3.05, 3.63) is 82.7 Å². The van der Waals surface area contributed by atoms with E-state index >= 15 is 0 Å². The number of aliphatic hydroxyl groups is 3. The van der Waals surface area contributed by atoms with Gasteiger partial charge in [0, 0.05) is 18.1 Å². The molecule has 0 saturated carbocycles. The van der Waals surface area contributed by atoms with Crippen LogP contribution in [0.1, 0.15) is 114 Å². The molecule has 6 atom stereocenters. The summed E-state index contributed by atoms with van der Waals surface area (Å²) in [7, 11) is 0. The number of benzene rings is 3. The van der Waals surface area contributed by atoms with Crippen LogP contribution in [0.3, 0.4) is 0 Å². The number of unbranched alkanes of at least 4 members (excludes halogenated alkanes) is 3. The highest BCUT2D eigenvalue weighted by Gasteiger charge is 2.48. The van der Waals surface area contributed by atoms with Crippen LogP contribution in [-0.2, 0) is 31.7 Å². The van der Waals surface area contributed by atoms with Crippen LogP contribution in [0.4, 0.5) is 0 Å². The van der Waals surface area contributed by atoms with E-state index in [-0.39, 0.29) is 17.4 Å². The summed E-state index contributed by atoms with van der Waals surface area (Å²) in [6.45, 7) is 14.2. The van der Waals surface area contributed by atoms with Gasteiger partial charge in [-0.25, -0.2) is 9.48 Å². The van der Waals surface area contributed by atoms with Crippen LogP contribution in [-0.4, -0.2) is 81.2 Å². The van der Waals surface area contributed by atoms with E-state index in [1.165, 1.54) is 56.9 Å². The van der Waals surface area contributed by atoms with E-state index in [2.05, 4.69) is 100 Å². The van der Waals surface area contributed by atoms with Gasteiger partial charge in [-0.3, -0.25) is 0 Å². The second-order valence-corrected chi connectivity index (χ2v) is 17.5. The summed E-state index contributed by atoms with van der Waals surface area (Å²) in [5, 5.41) is 47.7. The molecule has 5 aromatic rings. The molecule has 3 aromatic carbocycles. The van der Waals surface area contributed by atoms with Crippen LogP contribution in [0.5, 0.6) is 0 Å². The minimum Gasteiger partial charge on any atom is -0.479 e. The Hall–Kier alpha value is -4.11. The second-order valence-electron chi connectivity index (χ2n) is 17.0. The van der Waals surface area contributed by atoms with E-state index in [4.69, 9.17) is 18.2 Å². The number of hydrogen-bond donors (Lipinski definition) is 4. The zero-order valence-electron chi connectivity index (χ0n) is 32.3. The molecule has 13 heteroatoms. The van der Waals surface area contributed by atoms with Crippen LogP contribution in [0, 0.1) is 0 Å². The van der Waals surface area contributed by atoms with Crippen LogP contribution in [0.25, 0.3) is 33.3 Å². The third kappa shape index (κ3) is 7.83. The monoisotopic (exact) mass is 769 g/mol. The van der Waals surface area contributed by atoms with Crippen molar-refractivity contribution in [3.8, 4) is 22.3 Å². The first-order chi connectivity index (χ1) is 26.1. The lowest BCUT2D eigenvalue weighted by Gasteiger charge is -2.38. The maximum absolute atomic E-state index is 11.5.